The van der Waals surface area contributed by atoms with E-state index < -0.39 is 5.82 Å². The second-order valence-electron chi connectivity index (χ2n) is 5.29. The first-order chi connectivity index (χ1) is 9.61. The van der Waals surface area contributed by atoms with Gasteiger partial charge in [-0.15, -0.1) is 0 Å². The molecule has 2 nitrogen and oxygen atoms in total. The van der Waals surface area contributed by atoms with Crippen molar-refractivity contribution in [2.75, 3.05) is 11.9 Å². The molecule has 2 unspecified atom stereocenters. The maximum atomic E-state index is 13.7. The Morgan fingerprint density at radius 3 is 2.70 bits per heavy atom. The minimum Gasteiger partial charge on any atom is -0.352 e. The lowest BCUT2D eigenvalue weighted by Crippen LogP contribution is -2.35. The van der Waals surface area contributed by atoms with Crippen molar-refractivity contribution in [2.45, 2.75) is 25.7 Å². The van der Waals surface area contributed by atoms with Gasteiger partial charge < -0.3 is 5.32 Å². The molecule has 0 saturated heterocycles. The highest BCUT2D eigenvalue weighted by atomic mass is 79.9. The summed E-state index contributed by atoms with van der Waals surface area (Å²) in [5.74, 6) is 0.135. The van der Waals surface area contributed by atoms with E-state index in [0.717, 1.165) is 11.8 Å². The third-order valence-corrected chi connectivity index (χ3v) is 5.03. The van der Waals surface area contributed by atoms with Crippen LogP contribution in [0.1, 0.15) is 36.0 Å². The normalized spacial score (nSPS) is 22.6. The number of hydrogen-bond acceptors (Lipinski definition) is 1. The van der Waals surface area contributed by atoms with E-state index >= 15 is 0 Å². The molecule has 1 saturated carbocycles. The van der Waals surface area contributed by atoms with Gasteiger partial charge in [0.25, 0.3) is 5.91 Å². The number of carbonyl (C=O) groups excluding carboxylic acids is 1. The lowest BCUT2D eigenvalue weighted by Gasteiger charge is -2.30. The zero-order chi connectivity index (χ0) is 14.5. The molecule has 1 aromatic carbocycles. The highest BCUT2D eigenvalue weighted by Gasteiger charge is 2.24. The van der Waals surface area contributed by atoms with E-state index in [0.29, 0.717) is 23.4 Å². The van der Waals surface area contributed by atoms with Crippen molar-refractivity contribution >= 4 is 33.4 Å². The third kappa shape index (κ3) is 3.95. The summed E-state index contributed by atoms with van der Waals surface area (Å²) in [6, 6.07) is 4.12. The molecule has 0 aliphatic heterocycles. The molecule has 1 amide bonds. The summed E-state index contributed by atoms with van der Waals surface area (Å²) in [7, 11) is 0. The molecular formula is C15H18BrClFNO. The van der Waals surface area contributed by atoms with Crippen molar-refractivity contribution in [1.29, 1.82) is 0 Å². The molecule has 1 N–H and O–H groups in total. The SMILES string of the molecule is O=C(NCC1CCCCC1CBr)c1ccc(Cl)cc1F. The first kappa shape index (κ1) is 15.8. The fourth-order valence-electron chi connectivity index (χ4n) is 2.75. The molecule has 5 heteroatoms. The van der Waals surface area contributed by atoms with Crippen molar-refractivity contribution in [3.8, 4) is 0 Å². The quantitative estimate of drug-likeness (QED) is 0.790. The molecule has 1 fully saturated rings. The van der Waals surface area contributed by atoms with Gasteiger partial charge in [0.1, 0.15) is 5.82 Å². The number of benzene rings is 1. The number of carbonyl (C=O) groups is 1. The Morgan fingerprint density at radius 2 is 2.05 bits per heavy atom. The molecule has 20 heavy (non-hydrogen) atoms. The van der Waals surface area contributed by atoms with Crippen LogP contribution in [0.3, 0.4) is 0 Å². The van der Waals surface area contributed by atoms with Crippen LogP contribution in [-0.4, -0.2) is 17.8 Å². The van der Waals surface area contributed by atoms with E-state index in [9.17, 15) is 9.18 Å². The van der Waals surface area contributed by atoms with Crippen LogP contribution in [0, 0.1) is 17.7 Å². The Kier molecular flexibility index (Phi) is 5.85. The van der Waals surface area contributed by atoms with E-state index in [-0.39, 0.29) is 11.5 Å². The maximum absolute atomic E-state index is 13.7. The molecule has 2 atom stereocenters. The predicted octanol–water partition coefficient (Wildman–Crippen LogP) is 4.41. The zero-order valence-corrected chi connectivity index (χ0v) is 13.5. The Balaban J connectivity index is 1.94. The lowest BCUT2D eigenvalue weighted by molar-refractivity contribution is 0.0933. The highest BCUT2D eigenvalue weighted by molar-refractivity contribution is 9.09. The van der Waals surface area contributed by atoms with Gasteiger partial charge in [-0.2, -0.15) is 0 Å². The summed E-state index contributed by atoms with van der Waals surface area (Å²) in [5, 5.41) is 4.11. The van der Waals surface area contributed by atoms with Crippen LogP contribution in [0.4, 0.5) is 4.39 Å². The summed E-state index contributed by atoms with van der Waals surface area (Å²) >= 11 is 9.22. The van der Waals surface area contributed by atoms with Gasteiger partial charge in [0.15, 0.2) is 0 Å². The van der Waals surface area contributed by atoms with Gasteiger partial charge in [-0.25, -0.2) is 4.39 Å². The van der Waals surface area contributed by atoms with Crippen molar-refractivity contribution in [1.82, 2.24) is 5.32 Å². The average molecular weight is 363 g/mol. The van der Waals surface area contributed by atoms with Crippen LogP contribution in [-0.2, 0) is 0 Å². The van der Waals surface area contributed by atoms with E-state index in [4.69, 9.17) is 11.6 Å². The largest absolute Gasteiger partial charge is 0.352 e. The number of hydrogen-bond donors (Lipinski definition) is 1. The van der Waals surface area contributed by atoms with E-state index in [2.05, 4.69) is 21.2 Å². The van der Waals surface area contributed by atoms with Crippen molar-refractivity contribution in [2.24, 2.45) is 11.8 Å². The van der Waals surface area contributed by atoms with Crippen LogP contribution in [0.25, 0.3) is 0 Å². The monoisotopic (exact) mass is 361 g/mol. The summed E-state index contributed by atoms with van der Waals surface area (Å²) in [6.07, 6.45) is 4.78. The Hall–Kier alpha value is -0.610. The smallest absolute Gasteiger partial charge is 0.254 e. The molecule has 0 radical (unpaired) electrons. The third-order valence-electron chi connectivity index (χ3n) is 3.97. The van der Waals surface area contributed by atoms with E-state index in [1.54, 1.807) is 0 Å². The van der Waals surface area contributed by atoms with Crippen LogP contribution in [0.5, 0.6) is 0 Å². The molecular weight excluding hydrogens is 345 g/mol. The standard InChI is InChI=1S/C15H18BrClFNO/c16-8-10-3-1-2-4-11(10)9-19-15(20)13-6-5-12(17)7-14(13)18/h5-7,10-11H,1-4,8-9H2,(H,19,20). The molecule has 0 spiro atoms. The number of amides is 1. The summed E-state index contributed by atoms with van der Waals surface area (Å²) in [4.78, 5) is 12.0. The van der Waals surface area contributed by atoms with Crippen LogP contribution >= 0.6 is 27.5 Å². The molecule has 1 aromatic rings. The minimum atomic E-state index is -0.573. The second-order valence-corrected chi connectivity index (χ2v) is 6.38. The summed E-state index contributed by atoms with van der Waals surface area (Å²) in [6.45, 7) is 0.608. The zero-order valence-electron chi connectivity index (χ0n) is 11.2. The van der Waals surface area contributed by atoms with Crippen molar-refractivity contribution < 1.29 is 9.18 Å². The van der Waals surface area contributed by atoms with Crippen LogP contribution in [0.15, 0.2) is 18.2 Å². The Labute approximate surface area is 132 Å². The average Bonchev–Trinajstić information content (AvgIpc) is 2.45. The van der Waals surface area contributed by atoms with Crippen LogP contribution < -0.4 is 5.32 Å². The minimum absolute atomic E-state index is 0.0561. The Morgan fingerprint density at radius 1 is 1.35 bits per heavy atom. The number of alkyl halides is 1. The summed E-state index contributed by atoms with van der Waals surface area (Å²) in [5.41, 5.74) is 0.0561. The fraction of sp³-hybridized carbons (Fsp3) is 0.533. The van der Waals surface area contributed by atoms with Gasteiger partial charge in [-0.05, 0) is 42.9 Å². The van der Waals surface area contributed by atoms with Crippen molar-refractivity contribution in [3.05, 3.63) is 34.6 Å². The maximum Gasteiger partial charge on any atom is 0.254 e. The van der Waals surface area contributed by atoms with E-state index in [1.807, 2.05) is 0 Å². The topological polar surface area (TPSA) is 29.1 Å². The highest BCUT2D eigenvalue weighted by Crippen LogP contribution is 2.30. The molecule has 110 valence electrons. The number of nitrogens with one attached hydrogen (secondary N) is 1. The first-order valence-corrected chi connectivity index (χ1v) is 8.41. The molecule has 0 bridgehead atoms. The number of rotatable bonds is 4. The Bertz CT molecular complexity index is 483. The van der Waals surface area contributed by atoms with Gasteiger partial charge in [0.2, 0.25) is 0 Å². The molecule has 0 heterocycles. The van der Waals surface area contributed by atoms with Gasteiger partial charge >= 0.3 is 0 Å². The summed E-state index contributed by atoms with van der Waals surface area (Å²) < 4.78 is 13.7. The number of halogens is 3. The molecule has 0 aromatic heterocycles. The van der Waals surface area contributed by atoms with Crippen molar-refractivity contribution in [3.63, 3.8) is 0 Å². The molecule has 2 rings (SSSR count). The predicted molar refractivity (Wildman–Crippen MR) is 83.0 cm³/mol. The van der Waals surface area contributed by atoms with Gasteiger partial charge in [-0.3, -0.25) is 4.79 Å². The lowest BCUT2D eigenvalue weighted by atomic mass is 9.80. The van der Waals surface area contributed by atoms with Gasteiger partial charge in [0.05, 0.1) is 5.56 Å². The van der Waals surface area contributed by atoms with Gasteiger partial charge in [0, 0.05) is 16.9 Å². The first-order valence-electron chi connectivity index (χ1n) is 6.91. The van der Waals surface area contributed by atoms with Gasteiger partial charge in [-0.1, -0.05) is 40.4 Å². The fourth-order valence-corrected chi connectivity index (χ4v) is 3.76. The van der Waals surface area contributed by atoms with E-state index in [1.165, 1.54) is 37.5 Å². The molecule has 1 aliphatic carbocycles. The molecule has 1 aliphatic rings. The second kappa shape index (κ2) is 7.41. The van der Waals surface area contributed by atoms with Crippen LogP contribution in [0.2, 0.25) is 5.02 Å².